The van der Waals surface area contributed by atoms with Crippen LogP contribution in [0.15, 0.2) is 30.3 Å². The lowest BCUT2D eigenvalue weighted by atomic mass is 9.95. The summed E-state index contributed by atoms with van der Waals surface area (Å²) in [5.74, 6) is -0.656. The molecule has 0 heterocycles. The van der Waals surface area contributed by atoms with Crippen LogP contribution >= 0.6 is 0 Å². The summed E-state index contributed by atoms with van der Waals surface area (Å²) in [5, 5.41) is 9.06. The maximum atomic E-state index is 12.3. The van der Waals surface area contributed by atoms with Gasteiger partial charge in [-0.2, -0.15) is 5.26 Å². The second kappa shape index (κ2) is 6.05. The van der Waals surface area contributed by atoms with Gasteiger partial charge in [0.05, 0.1) is 6.07 Å². The Morgan fingerprint density at radius 3 is 2.35 bits per heavy atom. The van der Waals surface area contributed by atoms with Crippen LogP contribution in [0, 0.1) is 23.2 Å². The Bertz CT molecular complexity index is 406. The number of hydrogen-bond donors (Lipinski definition) is 0. The van der Waals surface area contributed by atoms with Crippen molar-refractivity contribution in [2.45, 2.75) is 20.8 Å². The summed E-state index contributed by atoms with van der Waals surface area (Å²) in [6.45, 7) is 6.28. The lowest BCUT2D eigenvalue weighted by Crippen LogP contribution is -2.37. The maximum absolute atomic E-state index is 12.3. The molecule has 0 fully saturated rings. The SMILES string of the molecule is CCN(C(=O)C(C#N)C(C)C)c1ccccc1. The summed E-state index contributed by atoms with van der Waals surface area (Å²) in [5.41, 5.74) is 0.848. The molecule has 1 aromatic rings. The maximum Gasteiger partial charge on any atom is 0.244 e. The number of carbonyl (C=O) groups excluding carboxylic acids is 1. The highest BCUT2D eigenvalue weighted by molar-refractivity contribution is 5.96. The molecule has 1 aromatic carbocycles. The second-order valence-electron chi connectivity index (χ2n) is 4.27. The van der Waals surface area contributed by atoms with Gasteiger partial charge in [-0.25, -0.2) is 0 Å². The van der Waals surface area contributed by atoms with Crippen molar-refractivity contribution in [3.05, 3.63) is 30.3 Å². The Kier molecular flexibility index (Phi) is 4.71. The number of anilines is 1. The first-order chi connectivity index (χ1) is 8.11. The summed E-state index contributed by atoms with van der Waals surface area (Å²) < 4.78 is 0. The summed E-state index contributed by atoms with van der Waals surface area (Å²) in [6.07, 6.45) is 0. The van der Waals surface area contributed by atoms with E-state index in [9.17, 15) is 4.79 Å². The van der Waals surface area contributed by atoms with Gasteiger partial charge in [0.2, 0.25) is 5.91 Å². The third-order valence-electron chi connectivity index (χ3n) is 2.72. The molecule has 0 saturated carbocycles. The topological polar surface area (TPSA) is 44.1 Å². The Balaban J connectivity index is 2.96. The minimum absolute atomic E-state index is 0.0327. The van der Waals surface area contributed by atoms with Crippen molar-refractivity contribution in [1.82, 2.24) is 0 Å². The van der Waals surface area contributed by atoms with Gasteiger partial charge in [0.15, 0.2) is 0 Å². The van der Waals surface area contributed by atoms with E-state index in [1.54, 1.807) is 4.90 Å². The van der Waals surface area contributed by atoms with Gasteiger partial charge < -0.3 is 4.90 Å². The van der Waals surface area contributed by atoms with Crippen LogP contribution in [0.4, 0.5) is 5.69 Å². The van der Waals surface area contributed by atoms with Crippen molar-refractivity contribution < 1.29 is 4.79 Å². The monoisotopic (exact) mass is 230 g/mol. The number of nitriles is 1. The van der Waals surface area contributed by atoms with Crippen LogP contribution in [0.5, 0.6) is 0 Å². The normalized spacial score (nSPS) is 11.9. The van der Waals surface area contributed by atoms with E-state index < -0.39 is 5.92 Å². The lowest BCUT2D eigenvalue weighted by Gasteiger charge is -2.24. The van der Waals surface area contributed by atoms with Gasteiger partial charge in [0.1, 0.15) is 5.92 Å². The predicted molar refractivity (Wildman–Crippen MR) is 68.4 cm³/mol. The second-order valence-corrected chi connectivity index (χ2v) is 4.27. The number of carbonyl (C=O) groups is 1. The first-order valence-electron chi connectivity index (χ1n) is 5.87. The highest BCUT2D eigenvalue weighted by Crippen LogP contribution is 2.19. The molecule has 17 heavy (non-hydrogen) atoms. The molecule has 0 aromatic heterocycles. The number of nitrogens with zero attached hydrogens (tertiary/aromatic N) is 2. The summed E-state index contributed by atoms with van der Waals surface area (Å²) in [7, 11) is 0. The first-order valence-corrected chi connectivity index (χ1v) is 5.87. The highest BCUT2D eigenvalue weighted by Gasteiger charge is 2.26. The van der Waals surface area contributed by atoms with Crippen molar-refractivity contribution in [3.63, 3.8) is 0 Å². The molecule has 0 aliphatic carbocycles. The highest BCUT2D eigenvalue weighted by atomic mass is 16.2. The number of amides is 1. The van der Waals surface area contributed by atoms with E-state index in [2.05, 4.69) is 6.07 Å². The predicted octanol–water partition coefficient (Wildman–Crippen LogP) is 2.84. The van der Waals surface area contributed by atoms with Gasteiger partial charge in [-0.1, -0.05) is 32.0 Å². The van der Waals surface area contributed by atoms with Gasteiger partial charge >= 0.3 is 0 Å². The molecule has 0 aliphatic rings. The van der Waals surface area contributed by atoms with Crippen LogP contribution in [-0.2, 0) is 4.79 Å². The van der Waals surface area contributed by atoms with Gasteiger partial charge in [-0.05, 0) is 25.0 Å². The van der Waals surface area contributed by atoms with Crippen molar-refractivity contribution in [1.29, 1.82) is 5.26 Å². The zero-order valence-corrected chi connectivity index (χ0v) is 10.6. The Labute approximate surface area is 103 Å². The molecule has 1 rings (SSSR count). The molecule has 0 aliphatic heterocycles. The largest absolute Gasteiger partial charge is 0.312 e. The van der Waals surface area contributed by atoms with Gasteiger partial charge in [-0.15, -0.1) is 0 Å². The van der Waals surface area contributed by atoms with Gasteiger partial charge in [-0.3, -0.25) is 4.79 Å². The average molecular weight is 230 g/mol. The lowest BCUT2D eigenvalue weighted by molar-refractivity contribution is -0.121. The molecule has 0 radical (unpaired) electrons. The molecule has 0 bridgehead atoms. The van der Waals surface area contributed by atoms with E-state index in [0.29, 0.717) is 6.54 Å². The zero-order chi connectivity index (χ0) is 12.8. The molecular formula is C14H18N2O. The summed E-state index contributed by atoms with van der Waals surface area (Å²) in [4.78, 5) is 13.9. The van der Waals surface area contributed by atoms with Crippen molar-refractivity contribution in [3.8, 4) is 6.07 Å². The molecule has 0 N–H and O–H groups in total. The van der Waals surface area contributed by atoms with Crippen LogP contribution in [-0.4, -0.2) is 12.5 Å². The third-order valence-corrected chi connectivity index (χ3v) is 2.72. The van der Waals surface area contributed by atoms with Crippen molar-refractivity contribution in [2.24, 2.45) is 11.8 Å². The number of benzene rings is 1. The minimum atomic E-state index is -0.574. The van der Waals surface area contributed by atoms with Gasteiger partial charge in [0.25, 0.3) is 0 Å². The fourth-order valence-corrected chi connectivity index (χ4v) is 1.73. The first kappa shape index (κ1) is 13.2. The van der Waals surface area contributed by atoms with E-state index >= 15 is 0 Å². The quantitative estimate of drug-likeness (QED) is 0.798. The number of rotatable bonds is 4. The fourth-order valence-electron chi connectivity index (χ4n) is 1.73. The standard InChI is InChI=1S/C14H18N2O/c1-4-16(12-8-6-5-7-9-12)14(17)13(10-15)11(2)3/h5-9,11,13H,4H2,1-3H3. The van der Waals surface area contributed by atoms with E-state index in [1.165, 1.54) is 0 Å². The van der Waals surface area contributed by atoms with Gasteiger partial charge in [0, 0.05) is 12.2 Å². The molecule has 90 valence electrons. The van der Waals surface area contributed by atoms with E-state index in [0.717, 1.165) is 5.69 Å². The Morgan fingerprint density at radius 1 is 1.35 bits per heavy atom. The summed E-state index contributed by atoms with van der Waals surface area (Å²) in [6, 6.07) is 11.6. The molecule has 3 nitrogen and oxygen atoms in total. The van der Waals surface area contributed by atoms with Crippen molar-refractivity contribution in [2.75, 3.05) is 11.4 Å². The molecule has 0 spiro atoms. The molecule has 3 heteroatoms. The Hall–Kier alpha value is -1.82. The zero-order valence-electron chi connectivity index (χ0n) is 10.6. The Morgan fingerprint density at radius 2 is 1.94 bits per heavy atom. The fraction of sp³-hybridized carbons (Fsp3) is 0.429. The summed E-state index contributed by atoms with van der Waals surface area (Å²) >= 11 is 0. The molecule has 1 atom stereocenters. The van der Waals surface area contributed by atoms with Crippen LogP contribution in [0.2, 0.25) is 0 Å². The average Bonchev–Trinajstić information content (AvgIpc) is 2.31. The molecule has 1 amide bonds. The van der Waals surface area contributed by atoms with Crippen LogP contribution in [0.3, 0.4) is 0 Å². The number of para-hydroxylation sites is 1. The van der Waals surface area contributed by atoms with E-state index in [-0.39, 0.29) is 11.8 Å². The van der Waals surface area contributed by atoms with E-state index in [1.807, 2.05) is 51.1 Å². The minimum Gasteiger partial charge on any atom is -0.312 e. The van der Waals surface area contributed by atoms with E-state index in [4.69, 9.17) is 5.26 Å². The van der Waals surface area contributed by atoms with Crippen LogP contribution in [0.25, 0.3) is 0 Å². The smallest absolute Gasteiger partial charge is 0.244 e. The molecule has 1 unspecified atom stereocenters. The van der Waals surface area contributed by atoms with Crippen LogP contribution in [0.1, 0.15) is 20.8 Å². The van der Waals surface area contributed by atoms with Crippen LogP contribution < -0.4 is 4.90 Å². The third kappa shape index (κ3) is 3.07. The molecule has 0 saturated heterocycles. The number of hydrogen-bond acceptors (Lipinski definition) is 2. The van der Waals surface area contributed by atoms with Crippen molar-refractivity contribution >= 4 is 11.6 Å². The molecular weight excluding hydrogens is 212 g/mol.